The highest BCUT2D eigenvalue weighted by molar-refractivity contribution is 5.79. The van der Waals surface area contributed by atoms with Gasteiger partial charge in [0.15, 0.2) is 6.29 Å². The number of benzene rings is 1. The molecule has 1 fully saturated rings. The summed E-state index contributed by atoms with van der Waals surface area (Å²) in [6.07, 6.45) is 1.40. The molecule has 198 valence electrons. The van der Waals surface area contributed by atoms with Gasteiger partial charge < -0.3 is 29.4 Å². The molecule has 1 saturated heterocycles. The maximum atomic E-state index is 13.6. The number of aromatic amines is 1. The minimum Gasteiger partial charge on any atom is -0.462 e. The van der Waals surface area contributed by atoms with Gasteiger partial charge in [0.25, 0.3) is 0 Å². The maximum absolute atomic E-state index is 13.6. The van der Waals surface area contributed by atoms with Crippen LogP contribution in [0.5, 0.6) is 6.01 Å². The van der Waals surface area contributed by atoms with E-state index in [2.05, 4.69) is 20.3 Å². The highest BCUT2D eigenvalue weighted by atomic mass is 19.1. The first-order valence-electron chi connectivity index (χ1n) is 12.3. The first-order chi connectivity index (χ1) is 17.8. The Morgan fingerprint density at radius 3 is 2.59 bits per heavy atom. The summed E-state index contributed by atoms with van der Waals surface area (Å²) >= 11 is 0. The number of imidazole rings is 1. The van der Waals surface area contributed by atoms with E-state index in [1.165, 1.54) is 12.1 Å². The molecule has 2 aromatic heterocycles. The molecule has 11 heteroatoms. The molecule has 0 radical (unpaired) electrons. The van der Waals surface area contributed by atoms with E-state index >= 15 is 0 Å². The van der Waals surface area contributed by atoms with Crippen molar-refractivity contribution >= 4 is 5.91 Å². The Bertz CT molecular complexity index is 1180. The predicted molar refractivity (Wildman–Crippen MR) is 135 cm³/mol. The lowest BCUT2D eigenvalue weighted by Gasteiger charge is -2.28. The molecular weight excluding hydrogens is 479 g/mol. The largest absolute Gasteiger partial charge is 0.462 e. The van der Waals surface area contributed by atoms with Crippen LogP contribution in [-0.4, -0.2) is 83.5 Å². The summed E-state index contributed by atoms with van der Waals surface area (Å²) < 4.78 is 30.9. The third kappa shape index (κ3) is 7.31. The summed E-state index contributed by atoms with van der Waals surface area (Å²) in [6.45, 7) is 5.53. The molecule has 1 aromatic carbocycles. The predicted octanol–water partition coefficient (Wildman–Crippen LogP) is 2.67. The van der Waals surface area contributed by atoms with Crippen molar-refractivity contribution in [2.45, 2.75) is 32.6 Å². The number of amides is 1. The molecule has 0 spiro atoms. The Balaban J connectivity index is 1.53. The van der Waals surface area contributed by atoms with Gasteiger partial charge in [-0.3, -0.25) is 4.79 Å². The minimum atomic E-state index is -0.557. The van der Waals surface area contributed by atoms with E-state index < -0.39 is 6.29 Å². The van der Waals surface area contributed by atoms with E-state index in [1.807, 2.05) is 32.8 Å². The molecule has 0 atom stereocenters. The fraction of sp³-hybridized carbons (Fsp3) is 0.462. The SMILES string of the molecule is CC(C)NC(=O)C1COC(Cc2nc(-c3ccc(F)cc3)c(-c3ccnc(OCCN(C)C)n3)[nH]2)OC1. The van der Waals surface area contributed by atoms with Crippen LogP contribution >= 0.6 is 0 Å². The molecule has 1 amide bonds. The molecule has 0 aliphatic carbocycles. The van der Waals surface area contributed by atoms with Gasteiger partial charge in [0, 0.05) is 24.3 Å². The van der Waals surface area contributed by atoms with Crippen molar-refractivity contribution in [2.24, 2.45) is 5.92 Å². The summed E-state index contributed by atoms with van der Waals surface area (Å²) in [4.78, 5) is 31.1. The first kappa shape index (κ1) is 26.6. The van der Waals surface area contributed by atoms with Crippen LogP contribution in [0.1, 0.15) is 19.7 Å². The number of carbonyl (C=O) groups excluding carboxylic acids is 1. The monoisotopic (exact) mass is 512 g/mol. The van der Waals surface area contributed by atoms with E-state index in [0.717, 1.165) is 12.1 Å². The Morgan fingerprint density at radius 1 is 1.19 bits per heavy atom. The second-order valence-corrected chi connectivity index (χ2v) is 9.45. The zero-order valence-corrected chi connectivity index (χ0v) is 21.5. The molecule has 2 N–H and O–H groups in total. The average molecular weight is 513 g/mol. The van der Waals surface area contributed by atoms with Gasteiger partial charge in [0.2, 0.25) is 5.91 Å². The van der Waals surface area contributed by atoms with Crippen molar-refractivity contribution in [3.05, 3.63) is 48.2 Å². The second kappa shape index (κ2) is 12.2. The molecule has 1 aliphatic heterocycles. The van der Waals surface area contributed by atoms with Gasteiger partial charge in [-0.05, 0) is 58.3 Å². The number of aromatic nitrogens is 4. The van der Waals surface area contributed by atoms with Crippen LogP contribution in [0.15, 0.2) is 36.5 Å². The number of halogens is 1. The Labute approximate surface area is 215 Å². The van der Waals surface area contributed by atoms with Gasteiger partial charge in [-0.2, -0.15) is 4.98 Å². The van der Waals surface area contributed by atoms with E-state index in [-0.39, 0.29) is 42.9 Å². The number of nitrogens with zero attached hydrogens (tertiary/aromatic N) is 4. The standard InChI is InChI=1S/C26H33FN6O4/c1-16(2)29-25(34)18-14-36-22(37-15-18)13-21-31-23(17-5-7-19(27)8-6-17)24(32-21)20-9-10-28-26(30-20)35-12-11-33(3)4/h5-10,16,18,22H,11-15H2,1-4H3,(H,29,34)(H,31,32). The smallest absolute Gasteiger partial charge is 0.316 e. The van der Waals surface area contributed by atoms with Crippen LogP contribution in [0, 0.1) is 11.7 Å². The van der Waals surface area contributed by atoms with Crippen molar-refractivity contribution < 1.29 is 23.4 Å². The van der Waals surface area contributed by atoms with Gasteiger partial charge in [0.05, 0.1) is 42.6 Å². The Hall–Kier alpha value is -3.41. The van der Waals surface area contributed by atoms with Crippen molar-refractivity contribution in [2.75, 3.05) is 40.5 Å². The maximum Gasteiger partial charge on any atom is 0.316 e. The number of rotatable bonds is 10. The van der Waals surface area contributed by atoms with Gasteiger partial charge in [-0.1, -0.05) is 0 Å². The molecule has 1 aliphatic rings. The molecule has 0 bridgehead atoms. The van der Waals surface area contributed by atoms with E-state index in [9.17, 15) is 9.18 Å². The van der Waals surface area contributed by atoms with Crippen molar-refractivity contribution in [3.8, 4) is 28.7 Å². The quantitative estimate of drug-likeness (QED) is 0.426. The molecule has 3 aromatic rings. The number of hydrogen-bond acceptors (Lipinski definition) is 8. The van der Waals surface area contributed by atoms with Gasteiger partial charge >= 0.3 is 6.01 Å². The summed E-state index contributed by atoms with van der Waals surface area (Å²) in [7, 11) is 3.92. The van der Waals surface area contributed by atoms with Crippen molar-refractivity contribution in [1.29, 1.82) is 0 Å². The Kier molecular flexibility index (Phi) is 8.80. The van der Waals surface area contributed by atoms with Crippen molar-refractivity contribution in [3.63, 3.8) is 0 Å². The topological polar surface area (TPSA) is 114 Å². The number of nitrogens with one attached hydrogen (secondary N) is 2. The molecular formula is C26H33FN6O4. The van der Waals surface area contributed by atoms with Gasteiger partial charge in [0.1, 0.15) is 18.2 Å². The number of hydrogen-bond donors (Lipinski definition) is 2. The van der Waals surface area contributed by atoms with E-state index in [1.54, 1.807) is 24.4 Å². The highest BCUT2D eigenvalue weighted by Gasteiger charge is 2.29. The van der Waals surface area contributed by atoms with Crippen LogP contribution in [0.4, 0.5) is 4.39 Å². The third-order valence-electron chi connectivity index (χ3n) is 5.66. The minimum absolute atomic E-state index is 0.0531. The zero-order chi connectivity index (χ0) is 26.4. The number of H-pyrrole nitrogens is 1. The third-order valence-corrected chi connectivity index (χ3v) is 5.66. The van der Waals surface area contributed by atoms with Crippen molar-refractivity contribution in [1.82, 2.24) is 30.2 Å². The molecule has 0 unspecified atom stereocenters. The molecule has 10 nitrogen and oxygen atoms in total. The van der Waals surface area contributed by atoms with E-state index in [0.29, 0.717) is 35.9 Å². The van der Waals surface area contributed by atoms with Gasteiger partial charge in [-0.15, -0.1) is 0 Å². The number of carbonyl (C=O) groups is 1. The van der Waals surface area contributed by atoms with Crippen LogP contribution in [0.3, 0.4) is 0 Å². The summed E-state index contributed by atoms with van der Waals surface area (Å²) in [5.74, 6) is -0.162. The second-order valence-electron chi connectivity index (χ2n) is 9.45. The fourth-order valence-electron chi connectivity index (χ4n) is 3.76. The first-order valence-corrected chi connectivity index (χ1v) is 12.3. The lowest BCUT2D eigenvalue weighted by molar-refractivity contribution is -0.201. The number of ether oxygens (including phenoxy) is 3. The zero-order valence-electron chi connectivity index (χ0n) is 21.5. The number of likely N-dealkylation sites (N-methyl/N-ethyl adjacent to an activating group) is 1. The van der Waals surface area contributed by atoms with Crippen LogP contribution in [-0.2, 0) is 20.7 Å². The summed E-state index contributed by atoms with van der Waals surface area (Å²) in [5.41, 5.74) is 2.57. The highest BCUT2D eigenvalue weighted by Crippen LogP contribution is 2.30. The van der Waals surface area contributed by atoms with Crippen LogP contribution in [0.25, 0.3) is 22.6 Å². The van der Waals surface area contributed by atoms with Gasteiger partial charge in [-0.25, -0.2) is 14.4 Å². The lowest BCUT2D eigenvalue weighted by atomic mass is 10.1. The van der Waals surface area contributed by atoms with Crippen LogP contribution in [0.2, 0.25) is 0 Å². The van der Waals surface area contributed by atoms with E-state index in [4.69, 9.17) is 19.2 Å². The summed E-state index contributed by atoms with van der Waals surface area (Å²) in [6, 6.07) is 8.18. The lowest BCUT2D eigenvalue weighted by Crippen LogP contribution is -2.44. The molecule has 37 heavy (non-hydrogen) atoms. The molecule has 4 rings (SSSR count). The van der Waals surface area contributed by atoms with Crippen LogP contribution < -0.4 is 10.1 Å². The average Bonchev–Trinajstić information content (AvgIpc) is 3.28. The Morgan fingerprint density at radius 2 is 1.92 bits per heavy atom. The summed E-state index contributed by atoms with van der Waals surface area (Å²) in [5, 5.41) is 2.88. The molecule has 3 heterocycles. The fourth-order valence-corrected chi connectivity index (χ4v) is 3.76. The molecule has 0 saturated carbocycles. The normalized spacial score (nSPS) is 17.8.